The maximum atomic E-state index is 13.9. The zero-order valence-corrected chi connectivity index (χ0v) is 22.5. The summed E-state index contributed by atoms with van der Waals surface area (Å²) in [6, 6.07) is 25.4. The van der Waals surface area contributed by atoms with Gasteiger partial charge in [0.2, 0.25) is 11.5 Å². The van der Waals surface area contributed by atoms with Crippen molar-refractivity contribution >= 4 is 34.5 Å². The molecule has 2 aliphatic rings. The van der Waals surface area contributed by atoms with Gasteiger partial charge in [-0.3, -0.25) is 4.79 Å². The van der Waals surface area contributed by atoms with E-state index >= 15 is 0 Å². The number of benzene rings is 3. The van der Waals surface area contributed by atoms with Crippen LogP contribution in [0.5, 0.6) is 0 Å². The van der Waals surface area contributed by atoms with Gasteiger partial charge in [0, 0.05) is 22.1 Å². The Bertz CT molecular complexity index is 1780. The Labute approximate surface area is 236 Å². The number of carbonyl (C=O) groups excluding carboxylic acids is 3. The molecular weight excluding hydrogens is 520 g/mol. The Balaban J connectivity index is 1.70. The molecule has 0 saturated carbocycles. The van der Waals surface area contributed by atoms with Crippen molar-refractivity contribution in [2.75, 3.05) is 13.2 Å². The first-order valence-electron chi connectivity index (χ1n) is 13.4. The van der Waals surface area contributed by atoms with Gasteiger partial charge in [0.05, 0.1) is 25.3 Å². The summed E-state index contributed by atoms with van der Waals surface area (Å²) in [6.45, 7) is 3.62. The highest BCUT2D eigenvalue weighted by Gasteiger charge is 2.60. The number of pyridine rings is 1. The van der Waals surface area contributed by atoms with E-state index < -0.39 is 17.5 Å². The monoisotopic (exact) mass is 546 g/mol. The van der Waals surface area contributed by atoms with Crippen LogP contribution in [0.15, 0.2) is 101 Å². The van der Waals surface area contributed by atoms with Gasteiger partial charge in [-0.2, -0.15) is 0 Å². The summed E-state index contributed by atoms with van der Waals surface area (Å²) >= 11 is 0. The predicted octanol–water partition coefficient (Wildman–Crippen LogP) is 5.07. The zero-order valence-electron chi connectivity index (χ0n) is 22.5. The maximum Gasteiger partial charge on any atom is 0.344 e. The van der Waals surface area contributed by atoms with Crippen LogP contribution in [0.1, 0.15) is 46.6 Å². The molecule has 0 radical (unpaired) electrons. The third-order valence-corrected chi connectivity index (χ3v) is 7.13. The molecule has 0 fully saturated rings. The average molecular weight is 547 g/mol. The number of hydrogen-bond acceptors (Lipinski definition) is 8. The standard InChI is InChI=1S/C33H26N2O6/c1-3-39-31(37)26-27(32(38)40-4-2)33(41-30(26)34-19-20-12-6-5-7-13-20)24-16-10-9-15-22(24)28(36)23-18-21-14-8-11-17-25(21)35-29(23)33/h5-18H,3-4,19H2,1-2H3. The summed E-state index contributed by atoms with van der Waals surface area (Å²) in [4.78, 5) is 50.9. The van der Waals surface area contributed by atoms with Gasteiger partial charge in [0.1, 0.15) is 16.8 Å². The van der Waals surface area contributed by atoms with Gasteiger partial charge in [0.25, 0.3) is 0 Å². The van der Waals surface area contributed by atoms with Gasteiger partial charge < -0.3 is 14.2 Å². The average Bonchev–Trinajstić information content (AvgIpc) is 3.35. The number of aliphatic imine (C=N–C) groups is 1. The number of ether oxygens (including phenoxy) is 3. The lowest BCUT2D eigenvalue weighted by atomic mass is 9.72. The number of rotatable bonds is 6. The summed E-state index contributed by atoms with van der Waals surface area (Å²) in [6.07, 6.45) is 0. The third kappa shape index (κ3) is 4.19. The second-order valence-electron chi connectivity index (χ2n) is 9.53. The molecule has 0 N–H and O–H groups in total. The van der Waals surface area contributed by atoms with Crippen LogP contribution in [0.2, 0.25) is 0 Å². The van der Waals surface area contributed by atoms with Crippen LogP contribution in [0, 0.1) is 0 Å². The molecule has 1 spiro atoms. The Hall–Kier alpha value is -5.11. The first-order chi connectivity index (χ1) is 20.0. The largest absolute Gasteiger partial charge is 0.462 e. The van der Waals surface area contributed by atoms with Crippen LogP contribution in [-0.2, 0) is 35.9 Å². The maximum absolute atomic E-state index is 13.9. The summed E-state index contributed by atoms with van der Waals surface area (Å²) in [7, 11) is 0. The number of nitrogens with zero attached hydrogens (tertiary/aromatic N) is 2. The van der Waals surface area contributed by atoms with Crippen molar-refractivity contribution < 1.29 is 28.6 Å². The van der Waals surface area contributed by atoms with Crippen LogP contribution in [0.25, 0.3) is 10.9 Å². The number of aromatic nitrogens is 1. The number of hydrogen-bond donors (Lipinski definition) is 0. The Morgan fingerprint density at radius 3 is 2.32 bits per heavy atom. The van der Waals surface area contributed by atoms with Gasteiger partial charge in [-0.15, -0.1) is 0 Å². The van der Waals surface area contributed by atoms with Gasteiger partial charge in [-0.1, -0.05) is 72.8 Å². The van der Waals surface area contributed by atoms with E-state index in [0.29, 0.717) is 16.6 Å². The van der Waals surface area contributed by atoms with Crippen LogP contribution in [-0.4, -0.2) is 41.8 Å². The third-order valence-electron chi connectivity index (χ3n) is 7.13. The van der Waals surface area contributed by atoms with Crippen molar-refractivity contribution in [3.8, 4) is 0 Å². The summed E-state index contributed by atoms with van der Waals surface area (Å²) in [5.41, 5.74) is 0.562. The summed E-state index contributed by atoms with van der Waals surface area (Å²) < 4.78 is 17.6. The van der Waals surface area contributed by atoms with E-state index in [4.69, 9.17) is 19.2 Å². The fourth-order valence-electron chi connectivity index (χ4n) is 5.40. The number of esters is 2. The first-order valence-corrected chi connectivity index (χ1v) is 13.4. The second-order valence-corrected chi connectivity index (χ2v) is 9.53. The van der Waals surface area contributed by atoms with Gasteiger partial charge >= 0.3 is 11.9 Å². The molecule has 8 nitrogen and oxygen atoms in total. The normalized spacial score (nSPS) is 18.3. The molecule has 1 unspecified atom stereocenters. The van der Waals surface area contributed by atoms with E-state index in [9.17, 15) is 14.4 Å². The predicted molar refractivity (Wildman–Crippen MR) is 151 cm³/mol. The fraction of sp³-hybridized carbons (Fsp3) is 0.182. The SMILES string of the molecule is CCOC(=O)C1=C(C(=O)OCC)C2(OC1=NCc1ccccc1)c1ccccc1C(=O)c1cc3ccccc3nc12. The summed E-state index contributed by atoms with van der Waals surface area (Å²) in [5, 5.41) is 0.748. The molecule has 4 aromatic rings. The lowest BCUT2D eigenvalue weighted by molar-refractivity contribution is -0.142. The van der Waals surface area contributed by atoms with E-state index in [2.05, 4.69) is 4.99 Å². The number of para-hydroxylation sites is 1. The van der Waals surface area contributed by atoms with Gasteiger partial charge in [-0.25, -0.2) is 19.6 Å². The van der Waals surface area contributed by atoms with Crippen molar-refractivity contribution in [2.45, 2.75) is 26.0 Å². The highest BCUT2D eigenvalue weighted by atomic mass is 16.6. The molecule has 1 aromatic heterocycles. The molecule has 1 atom stereocenters. The minimum absolute atomic E-state index is 0.0452. The molecule has 1 aliphatic carbocycles. The minimum atomic E-state index is -1.78. The van der Waals surface area contributed by atoms with Crippen LogP contribution in [0.3, 0.4) is 0 Å². The van der Waals surface area contributed by atoms with Crippen molar-refractivity contribution in [1.82, 2.24) is 4.98 Å². The van der Waals surface area contributed by atoms with Crippen molar-refractivity contribution in [2.24, 2.45) is 4.99 Å². The molecule has 204 valence electrons. The quantitative estimate of drug-likeness (QED) is 0.311. The van der Waals surface area contributed by atoms with Crippen molar-refractivity contribution in [1.29, 1.82) is 0 Å². The molecule has 8 heteroatoms. The molecule has 2 heterocycles. The molecule has 1 aliphatic heterocycles. The highest BCUT2D eigenvalue weighted by molar-refractivity contribution is 6.25. The van der Waals surface area contributed by atoms with E-state index in [1.54, 1.807) is 44.2 Å². The Morgan fingerprint density at radius 2 is 1.54 bits per heavy atom. The lowest BCUT2D eigenvalue weighted by Crippen LogP contribution is -2.41. The number of ketones is 1. The van der Waals surface area contributed by atoms with Gasteiger partial charge in [-0.05, 0) is 31.5 Å². The highest BCUT2D eigenvalue weighted by Crippen LogP contribution is 2.52. The number of carbonyl (C=O) groups is 3. The van der Waals surface area contributed by atoms with Crippen molar-refractivity contribution in [3.63, 3.8) is 0 Å². The lowest BCUT2D eigenvalue weighted by Gasteiger charge is -2.36. The van der Waals surface area contributed by atoms with E-state index in [1.807, 2.05) is 54.6 Å². The van der Waals surface area contributed by atoms with E-state index in [-0.39, 0.29) is 53.8 Å². The molecule has 0 bridgehead atoms. The second kappa shape index (κ2) is 10.5. The topological polar surface area (TPSA) is 104 Å². The smallest absolute Gasteiger partial charge is 0.344 e. The molecule has 0 amide bonds. The first kappa shape index (κ1) is 26.1. The minimum Gasteiger partial charge on any atom is -0.462 e. The van der Waals surface area contributed by atoms with E-state index in [0.717, 1.165) is 10.9 Å². The molecule has 3 aromatic carbocycles. The van der Waals surface area contributed by atoms with Crippen LogP contribution in [0.4, 0.5) is 0 Å². The van der Waals surface area contributed by atoms with Crippen molar-refractivity contribution in [3.05, 3.63) is 124 Å². The molecular formula is C33H26N2O6. The van der Waals surface area contributed by atoms with E-state index in [1.165, 1.54) is 0 Å². The molecule has 0 saturated heterocycles. The Morgan fingerprint density at radius 1 is 0.854 bits per heavy atom. The van der Waals surface area contributed by atoms with Gasteiger partial charge in [0.15, 0.2) is 5.78 Å². The number of fused-ring (bicyclic) bond motifs is 5. The Kier molecular flexibility index (Phi) is 6.67. The van der Waals surface area contributed by atoms with Crippen LogP contribution < -0.4 is 0 Å². The summed E-state index contributed by atoms with van der Waals surface area (Å²) in [5.74, 6) is -1.92. The molecule has 6 rings (SSSR count). The molecule has 41 heavy (non-hydrogen) atoms. The van der Waals surface area contributed by atoms with Crippen LogP contribution >= 0.6 is 0 Å². The zero-order chi connectivity index (χ0) is 28.6. The fourth-order valence-corrected chi connectivity index (χ4v) is 5.40.